The number of carbonyl (C=O) groups is 1. The maximum absolute atomic E-state index is 13.0. The number of halogens is 5. The SMILES string of the molecule is O=C1OC2(CCCCC2)OC=C1C(F)(F)C(F)(F)F. The lowest BCUT2D eigenvalue weighted by atomic mass is 9.93. The molecule has 0 N–H and O–H groups in total. The fourth-order valence-electron chi connectivity index (χ4n) is 2.13. The van der Waals surface area contributed by atoms with E-state index in [1.54, 1.807) is 0 Å². The first-order chi connectivity index (χ1) is 8.68. The van der Waals surface area contributed by atoms with Gasteiger partial charge in [-0.25, -0.2) is 4.79 Å². The van der Waals surface area contributed by atoms with Gasteiger partial charge < -0.3 is 9.47 Å². The fraction of sp³-hybridized carbons (Fsp3) is 0.727. The molecular weight excluding hydrogens is 275 g/mol. The molecule has 0 saturated heterocycles. The Kier molecular flexibility index (Phi) is 3.22. The minimum atomic E-state index is -5.86. The van der Waals surface area contributed by atoms with Gasteiger partial charge in [0.1, 0.15) is 6.26 Å². The molecule has 1 fully saturated rings. The van der Waals surface area contributed by atoms with Crippen molar-refractivity contribution in [2.45, 2.75) is 50.0 Å². The summed E-state index contributed by atoms with van der Waals surface area (Å²) in [6.45, 7) is 0. The Labute approximate surface area is 105 Å². The predicted octanol–water partition coefficient (Wildman–Crippen LogP) is 3.30. The van der Waals surface area contributed by atoms with E-state index < -0.39 is 29.4 Å². The minimum absolute atomic E-state index is 0.199. The van der Waals surface area contributed by atoms with Crippen LogP contribution in [0, 0.1) is 0 Å². The minimum Gasteiger partial charge on any atom is -0.459 e. The van der Waals surface area contributed by atoms with E-state index in [2.05, 4.69) is 0 Å². The van der Waals surface area contributed by atoms with Crippen LogP contribution in [0.25, 0.3) is 0 Å². The van der Waals surface area contributed by atoms with Crippen LogP contribution in [0.3, 0.4) is 0 Å². The molecule has 0 aromatic rings. The summed E-state index contributed by atoms with van der Waals surface area (Å²) in [5.74, 6) is -8.32. The second-order valence-corrected chi connectivity index (χ2v) is 4.58. The topological polar surface area (TPSA) is 35.5 Å². The predicted molar refractivity (Wildman–Crippen MR) is 52.1 cm³/mol. The second kappa shape index (κ2) is 4.35. The molecule has 8 heteroatoms. The van der Waals surface area contributed by atoms with Gasteiger partial charge in [-0.05, 0) is 12.8 Å². The molecule has 0 aromatic heterocycles. The summed E-state index contributed by atoms with van der Waals surface area (Å²) in [7, 11) is 0. The van der Waals surface area contributed by atoms with E-state index in [-0.39, 0.29) is 6.26 Å². The van der Waals surface area contributed by atoms with Crippen LogP contribution in [0.1, 0.15) is 32.1 Å². The third-order valence-corrected chi connectivity index (χ3v) is 3.20. The summed E-state index contributed by atoms with van der Waals surface area (Å²) in [6.07, 6.45) is -2.89. The number of hydrogen-bond donors (Lipinski definition) is 0. The summed E-state index contributed by atoms with van der Waals surface area (Å²) in [5, 5.41) is 0. The molecule has 0 amide bonds. The molecule has 1 saturated carbocycles. The molecule has 0 unspecified atom stereocenters. The van der Waals surface area contributed by atoms with Crippen molar-refractivity contribution in [2.75, 3.05) is 0 Å². The van der Waals surface area contributed by atoms with Gasteiger partial charge >= 0.3 is 18.1 Å². The van der Waals surface area contributed by atoms with Gasteiger partial charge in [-0.1, -0.05) is 6.42 Å². The first kappa shape index (κ1) is 14.1. The van der Waals surface area contributed by atoms with Crippen molar-refractivity contribution < 1.29 is 36.2 Å². The maximum atomic E-state index is 13.0. The summed E-state index contributed by atoms with van der Waals surface area (Å²) in [6, 6.07) is 0. The molecule has 0 radical (unpaired) electrons. The quantitative estimate of drug-likeness (QED) is 0.548. The molecule has 1 heterocycles. The highest BCUT2D eigenvalue weighted by molar-refractivity contribution is 5.91. The van der Waals surface area contributed by atoms with Crippen LogP contribution in [-0.4, -0.2) is 23.9 Å². The molecule has 0 atom stereocenters. The molecule has 1 aliphatic heterocycles. The van der Waals surface area contributed by atoms with Crippen LogP contribution in [0.5, 0.6) is 0 Å². The zero-order valence-electron chi connectivity index (χ0n) is 9.73. The van der Waals surface area contributed by atoms with Gasteiger partial charge in [-0.3, -0.25) is 0 Å². The van der Waals surface area contributed by atoms with Crippen LogP contribution in [0.15, 0.2) is 11.8 Å². The fourth-order valence-corrected chi connectivity index (χ4v) is 2.13. The van der Waals surface area contributed by atoms with Gasteiger partial charge in [-0.2, -0.15) is 22.0 Å². The molecule has 1 spiro atoms. The van der Waals surface area contributed by atoms with Crippen LogP contribution in [0.4, 0.5) is 22.0 Å². The molecule has 2 aliphatic rings. The molecule has 3 nitrogen and oxygen atoms in total. The highest BCUT2D eigenvalue weighted by Gasteiger charge is 2.64. The van der Waals surface area contributed by atoms with E-state index in [1.165, 1.54) is 0 Å². The maximum Gasteiger partial charge on any atom is 0.458 e. The van der Waals surface area contributed by atoms with E-state index >= 15 is 0 Å². The Morgan fingerprint density at radius 2 is 1.63 bits per heavy atom. The Morgan fingerprint density at radius 1 is 1.05 bits per heavy atom. The molecule has 1 aliphatic carbocycles. The number of esters is 1. The van der Waals surface area contributed by atoms with E-state index in [4.69, 9.17) is 9.47 Å². The number of ether oxygens (including phenoxy) is 2. The summed E-state index contributed by atoms with van der Waals surface area (Å²) in [4.78, 5) is 11.4. The van der Waals surface area contributed by atoms with Crippen LogP contribution in [-0.2, 0) is 14.3 Å². The van der Waals surface area contributed by atoms with Gasteiger partial charge in [-0.15, -0.1) is 0 Å². The lowest BCUT2D eigenvalue weighted by molar-refractivity contribution is -0.277. The molecule has 0 aromatic carbocycles. The van der Waals surface area contributed by atoms with Crippen LogP contribution < -0.4 is 0 Å². The molecule has 19 heavy (non-hydrogen) atoms. The van der Waals surface area contributed by atoms with Crippen molar-refractivity contribution >= 4 is 5.97 Å². The summed E-state index contributed by atoms with van der Waals surface area (Å²) in [5.41, 5.74) is -1.81. The lowest BCUT2D eigenvalue weighted by Crippen LogP contribution is -2.48. The monoisotopic (exact) mass is 286 g/mol. The van der Waals surface area contributed by atoms with Gasteiger partial charge in [0.25, 0.3) is 5.79 Å². The second-order valence-electron chi connectivity index (χ2n) is 4.58. The summed E-state index contributed by atoms with van der Waals surface area (Å²) < 4.78 is 72.2. The van der Waals surface area contributed by atoms with Crippen LogP contribution in [0.2, 0.25) is 0 Å². The van der Waals surface area contributed by atoms with E-state index in [0.717, 1.165) is 6.42 Å². The average Bonchev–Trinajstić information content (AvgIpc) is 2.28. The van der Waals surface area contributed by atoms with Crippen LogP contribution >= 0.6 is 0 Å². The van der Waals surface area contributed by atoms with E-state index in [9.17, 15) is 26.7 Å². The van der Waals surface area contributed by atoms with Crippen molar-refractivity contribution in [1.29, 1.82) is 0 Å². The zero-order valence-corrected chi connectivity index (χ0v) is 9.73. The molecule has 2 rings (SSSR count). The number of hydrogen-bond acceptors (Lipinski definition) is 3. The first-order valence-electron chi connectivity index (χ1n) is 5.74. The third kappa shape index (κ3) is 2.40. The van der Waals surface area contributed by atoms with Crippen molar-refractivity contribution in [1.82, 2.24) is 0 Å². The number of carbonyl (C=O) groups excluding carboxylic acids is 1. The normalized spacial score (nSPS) is 23.6. The third-order valence-electron chi connectivity index (χ3n) is 3.20. The Morgan fingerprint density at radius 3 is 2.11 bits per heavy atom. The summed E-state index contributed by atoms with van der Waals surface area (Å²) >= 11 is 0. The van der Waals surface area contributed by atoms with E-state index in [1.807, 2.05) is 0 Å². The molecule has 0 bridgehead atoms. The lowest BCUT2D eigenvalue weighted by Gasteiger charge is -2.39. The van der Waals surface area contributed by atoms with Crippen molar-refractivity contribution in [3.63, 3.8) is 0 Å². The van der Waals surface area contributed by atoms with Gasteiger partial charge in [0, 0.05) is 12.8 Å². The highest BCUT2D eigenvalue weighted by Crippen LogP contribution is 2.45. The smallest absolute Gasteiger partial charge is 0.458 e. The van der Waals surface area contributed by atoms with E-state index in [0.29, 0.717) is 25.7 Å². The molecular formula is C11H11F5O3. The Bertz CT molecular complexity index is 407. The van der Waals surface area contributed by atoms with Crippen molar-refractivity contribution in [2.24, 2.45) is 0 Å². The first-order valence-corrected chi connectivity index (χ1v) is 5.74. The standard InChI is InChI=1S/C11H11F5O3/c12-10(13,11(14,15)16)7-6-18-9(19-8(7)17)4-2-1-3-5-9/h6H,1-5H2. The zero-order chi connectivity index (χ0) is 14.3. The van der Waals surface area contributed by atoms with Gasteiger partial charge in [0.05, 0.1) is 0 Å². The highest BCUT2D eigenvalue weighted by atomic mass is 19.4. The largest absolute Gasteiger partial charge is 0.459 e. The van der Waals surface area contributed by atoms with Gasteiger partial charge in [0.2, 0.25) is 0 Å². The van der Waals surface area contributed by atoms with Crippen molar-refractivity contribution in [3.8, 4) is 0 Å². The Hall–Kier alpha value is -1.34. The number of rotatable bonds is 1. The Balaban J connectivity index is 2.24. The van der Waals surface area contributed by atoms with Gasteiger partial charge in [0.15, 0.2) is 5.57 Å². The van der Waals surface area contributed by atoms with Crippen molar-refractivity contribution in [3.05, 3.63) is 11.8 Å². The number of alkyl halides is 5. The molecule has 108 valence electrons. The average molecular weight is 286 g/mol.